The number of nitriles is 1. The Bertz CT molecular complexity index is 561. The molecule has 23 heavy (non-hydrogen) atoms. The van der Waals surface area contributed by atoms with Crippen LogP contribution in [0.3, 0.4) is 0 Å². The summed E-state index contributed by atoms with van der Waals surface area (Å²) < 4.78 is 15.0. The van der Waals surface area contributed by atoms with E-state index in [0.29, 0.717) is 31.5 Å². The van der Waals surface area contributed by atoms with Crippen LogP contribution in [0.2, 0.25) is 0 Å². The first kappa shape index (κ1) is 16.5. The summed E-state index contributed by atoms with van der Waals surface area (Å²) in [6, 6.07) is 12.4. The third-order valence-electron chi connectivity index (χ3n) is 6.32. The number of likely N-dealkylation sites (tertiary alicyclic amines) is 1. The quantitative estimate of drug-likeness (QED) is 0.808. The molecule has 0 amide bonds. The lowest BCUT2D eigenvalue weighted by Gasteiger charge is -2.52. The lowest BCUT2D eigenvalue weighted by atomic mass is 9.64. The first-order valence-corrected chi connectivity index (χ1v) is 8.85. The summed E-state index contributed by atoms with van der Waals surface area (Å²) in [6.07, 6.45) is 5.07. The Hall–Kier alpha value is -1.40. The second-order valence-electron chi connectivity index (χ2n) is 7.82. The van der Waals surface area contributed by atoms with Crippen molar-refractivity contribution in [2.75, 3.05) is 13.1 Å². The highest BCUT2D eigenvalue weighted by Crippen LogP contribution is 2.48. The van der Waals surface area contributed by atoms with E-state index < -0.39 is 5.67 Å². The Kier molecular flexibility index (Phi) is 4.47. The summed E-state index contributed by atoms with van der Waals surface area (Å²) in [5.41, 5.74) is -0.170. The predicted octanol–water partition coefficient (Wildman–Crippen LogP) is 4.67. The van der Waals surface area contributed by atoms with Gasteiger partial charge in [-0.15, -0.1) is 0 Å². The van der Waals surface area contributed by atoms with Crippen LogP contribution in [0.1, 0.15) is 51.5 Å². The van der Waals surface area contributed by atoms with Gasteiger partial charge in [-0.2, -0.15) is 5.26 Å². The summed E-state index contributed by atoms with van der Waals surface area (Å²) in [5, 5.41) is 9.15. The van der Waals surface area contributed by atoms with Gasteiger partial charge in [-0.25, -0.2) is 4.39 Å². The van der Waals surface area contributed by atoms with E-state index in [9.17, 15) is 4.39 Å². The van der Waals surface area contributed by atoms with Crippen molar-refractivity contribution in [2.45, 2.75) is 57.7 Å². The molecule has 2 fully saturated rings. The second-order valence-corrected chi connectivity index (χ2v) is 7.82. The van der Waals surface area contributed by atoms with Crippen LogP contribution in [0.15, 0.2) is 30.3 Å². The van der Waals surface area contributed by atoms with E-state index in [-0.39, 0.29) is 5.41 Å². The normalized spacial score (nSPS) is 30.7. The minimum absolute atomic E-state index is 0.183. The summed E-state index contributed by atoms with van der Waals surface area (Å²) in [4.78, 5) is 2.31. The maximum Gasteiger partial charge on any atom is 0.161 e. The molecule has 0 bridgehead atoms. The van der Waals surface area contributed by atoms with E-state index in [1.54, 1.807) is 0 Å². The van der Waals surface area contributed by atoms with Crippen molar-refractivity contribution >= 4 is 0 Å². The van der Waals surface area contributed by atoms with Crippen molar-refractivity contribution in [3.8, 4) is 6.07 Å². The largest absolute Gasteiger partial charge is 0.293 e. The molecule has 2 aliphatic rings. The highest BCUT2D eigenvalue weighted by Gasteiger charge is 2.49. The predicted molar refractivity (Wildman–Crippen MR) is 90.6 cm³/mol. The average Bonchev–Trinajstić information content (AvgIpc) is 2.54. The van der Waals surface area contributed by atoms with E-state index in [1.165, 1.54) is 0 Å². The van der Waals surface area contributed by atoms with Crippen molar-refractivity contribution in [3.63, 3.8) is 0 Å². The third kappa shape index (κ3) is 3.02. The van der Waals surface area contributed by atoms with E-state index in [4.69, 9.17) is 5.26 Å². The third-order valence-corrected chi connectivity index (χ3v) is 6.32. The molecule has 1 aromatic carbocycles. The van der Waals surface area contributed by atoms with Crippen molar-refractivity contribution in [3.05, 3.63) is 35.9 Å². The fourth-order valence-corrected chi connectivity index (χ4v) is 4.43. The molecule has 3 heteroatoms. The van der Waals surface area contributed by atoms with E-state index in [2.05, 4.69) is 24.8 Å². The Morgan fingerprint density at radius 2 is 1.83 bits per heavy atom. The van der Waals surface area contributed by atoms with Crippen molar-refractivity contribution in [1.29, 1.82) is 5.26 Å². The second kappa shape index (κ2) is 6.24. The smallest absolute Gasteiger partial charge is 0.161 e. The average molecular weight is 314 g/mol. The van der Waals surface area contributed by atoms with Crippen LogP contribution in [0, 0.1) is 22.7 Å². The lowest BCUT2D eigenvalue weighted by Crippen LogP contribution is -2.61. The highest BCUT2D eigenvalue weighted by atomic mass is 19.1. The van der Waals surface area contributed by atoms with Crippen LogP contribution in [-0.2, 0) is 5.67 Å². The molecule has 0 unspecified atom stereocenters. The Balaban J connectivity index is 1.58. The minimum Gasteiger partial charge on any atom is -0.293 e. The summed E-state index contributed by atoms with van der Waals surface area (Å²) >= 11 is 0. The first-order chi connectivity index (χ1) is 11.0. The molecule has 0 aromatic heterocycles. The van der Waals surface area contributed by atoms with Crippen LogP contribution >= 0.6 is 0 Å². The zero-order valence-electron chi connectivity index (χ0n) is 14.3. The minimum atomic E-state index is -1.17. The van der Waals surface area contributed by atoms with Gasteiger partial charge in [-0.3, -0.25) is 4.90 Å². The molecule has 1 aliphatic carbocycles. The molecule has 1 saturated carbocycles. The standard InChI is InChI=1S/C20H27FN2/c1-16(2)19(12-13-22)10-8-18(9-11-19)23-14-20(21,15-23)17-6-4-3-5-7-17/h3-7,16,18H,8-12,14-15H2,1-2H3/t18-,19-. The zero-order chi connectivity index (χ0) is 16.5. The number of rotatable bonds is 4. The Morgan fingerprint density at radius 1 is 1.22 bits per heavy atom. The molecule has 1 heterocycles. The fourth-order valence-electron chi connectivity index (χ4n) is 4.43. The summed E-state index contributed by atoms with van der Waals surface area (Å²) in [7, 11) is 0. The molecule has 2 nitrogen and oxygen atoms in total. The van der Waals surface area contributed by atoms with Crippen LogP contribution in [0.5, 0.6) is 0 Å². The number of hydrogen-bond donors (Lipinski definition) is 0. The van der Waals surface area contributed by atoms with Crippen LogP contribution in [-0.4, -0.2) is 24.0 Å². The van der Waals surface area contributed by atoms with Gasteiger partial charge < -0.3 is 0 Å². The monoisotopic (exact) mass is 314 g/mol. The number of halogens is 1. The molecule has 1 saturated heterocycles. The van der Waals surface area contributed by atoms with Crippen molar-refractivity contribution in [2.24, 2.45) is 11.3 Å². The summed E-state index contributed by atoms with van der Waals surface area (Å²) in [6.45, 7) is 5.52. The van der Waals surface area contributed by atoms with Gasteiger partial charge in [0.15, 0.2) is 5.67 Å². The van der Waals surface area contributed by atoms with Crippen LogP contribution in [0.4, 0.5) is 4.39 Å². The highest BCUT2D eigenvalue weighted by molar-refractivity contribution is 5.26. The number of hydrogen-bond acceptors (Lipinski definition) is 2. The number of benzene rings is 1. The topological polar surface area (TPSA) is 27.0 Å². The number of nitrogens with zero attached hydrogens (tertiary/aromatic N) is 2. The molecule has 1 aliphatic heterocycles. The summed E-state index contributed by atoms with van der Waals surface area (Å²) in [5.74, 6) is 0.545. The first-order valence-electron chi connectivity index (χ1n) is 8.85. The fraction of sp³-hybridized carbons (Fsp3) is 0.650. The molecule has 1 aromatic rings. The van der Waals surface area contributed by atoms with Gasteiger partial charge in [0.25, 0.3) is 0 Å². The number of alkyl halides is 1. The maximum absolute atomic E-state index is 15.0. The molecule has 124 valence electrons. The van der Waals surface area contributed by atoms with Gasteiger partial charge in [-0.05, 0) is 42.6 Å². The molecule has 3 rings (SSSR count). The van der Waals surface area contributed by atoms with Crippen LogP contribution < -0.4 is 0 Å². The van der Waals surface area contributed by atoms with Gasteiger partial charge in [-0.1, -0.05) is 44.2 Å². The van der Waals surface area contributed by atoms with Gasteiger partial charge in [0.1, 0.15) is 0 Å². The van der Waals surface area contributed by atoms with Gasteiger partial charge in [0.2, 0.25) is 0 Å². The molecule has 0 spiro atoms. The van der Waals surface area contributed by atoms with E-state index >= 15 is 0 Å². The van der Waals surface area contributed by atoms with Gasteiger partial charge in [0, 0.05) is 25.6 Å². The molecule has 0 atom stereocenters. The van der Waals surface area contributed by atoms with E-state index in [0.717, 1.165) is 31.2 Å². The van der Waals surface area contributed by atoms with Gasteiger partial charge >= 0.3 is 0 Å². The lowest BCUT2D eigenvalue weighted by molar-refractivity contribution is -0.0801. The van der Waals surface area contributed by atoms with Crippen molar-refractivity contribution in [1.82, 2.24) is 4.90 Å². The van der Waals surface area contributed by atoms with Crippen molar-refractivity contribution < 1.29 is 4.39 Å². The molecule has 0 radical (unpaired) electrons. The van der Waals surface area contributed by atoms with Gasteiger partial charge in [0.05, 0.1) is 6.07 Å². The zero-order valence-corrected chi connectivity index (χ0v) is 14.3. The molecule has 0 N–H and O–H groups in total. The molecular formula is C20H27FN2. The Labute approximate surface area is 139 Å². The van der Waals surface area contributed by atoms with E-state index in [1.807, 2.05) is 30.3 Å². The SMILES string of the molecule is CC(C)[C@]1(CC#N)CC[C@@H](N2CC(F)(c3ccccc3)C2)CC1. The maximum atomic E-state index is 15.0. The molecular weight excluding hydrogens is 287 g/mol. The Morgan fingerprint density at radius 3 is 2.35 bits per heavy atom. The van der Waals surface area contributed by atoms with Crippen LogP contribution in [0.25, 0.3) is 0 Å².